The minimum absolute atomic E-state index is 0.0808. The molecule has 0 radical (unpaired) electrons. The molecule has 0 saturated heterocycles. The van der Waals surface area contributed by atoms with Crippen molar-refractivity contribution in [2.75, 3.05) is 27.3 Å². The number of ether oxygens (including phenoxy) is 2. The van der Waals surface area contributed by atoms with E-state index in [1.165, 1.54) is 0 Å². The summed E-state index contributed by atoms with van der Waals surface area (Å²) in [6.45, 7) is 0.559. The molecule has 0 aromatic heterocycles. The third-order valence-electron chi connectivity index (χ3n) is 5.67. The first-order chi connectivity index (χ1) is 14.7. The predicted molar refractivity (Wildman–Crippen MR) is 115 cm³/mol. The van der Waals surface area contributed by atoms with Crippen molar-refractivity contribution >= 4 is 20.4 Å². The zero-order valence-electron chi connectivity index (χ0n) is 17.4. The SMILES string of the molecule is COc1ccc2c(c1)CN(S(=O)(=O)NS(=O)(=O)N1CCc3ccc(OC)cc3C1)CC2. The number of rotatable bonds is 6. The van der Waals surface area contributed by atoms with Crippen LogP contribution in [-0.2, 0) is 46.3 Å². The zero-order valence-corrected chi connectivity index (χ0v) is 19.0. The zero-order chi connectivity index (χ0) is 22.2. The van der Waals surface area contributed by atoms with Gasteiger partial charge < -0.3 is 9.47 Å². The second kappa shape index (κ2) is 8.40. The Kier molecular flexibility index (Phi) is 5.97. The summed E-state index contributed by atoms with van der Waals surface area (Å²) in [6.07, 6.45) is 0.994. The smallest absolute Gasteiger partial charge is 0.293 e. The van der Waals surface area contributed by atoms with Gasteiger partial charge >= 0.3 is 0 Å². The van der Waals surface area contributed by atoms with E-state index in [0.717, 1.165) is 30.9 Å². The lowest BCUT2D eigenvalue weighted by molar-refractivity contribution is 0.371. The van der Waals surface area contributed by atoms with Gasteiger partial charge in [0.1, 0.15) is 11.5 Å². The molecule has 4 rings (SSSR count). The molecule has 9 nitrogen and oxygen atoms in total. The Morgan fingerprint density at radius 1 is 0.710 bits per heavy atom. The molecule has 168 valence electrons. The van der Waals surface area contributed by atoms with Crippen molar-refractivity contribution < 1.29 is 26.3 Å². The van der Waals surface area contributed by atoms with Crippen molar-refractivity contribution in [1.29, 1.82) is 0 Å². The third kappa shape index (κ3) is 4.55. The highest BCUT2D eigenvalue weighted by molar-refractivity contribution is 8.02. The van der Waals surface area contributed by atoms with Gasteiger partial charge in [0.2, 0.25) is 0 Å². The molecule has 0 amide bonds. The number of benzene rings is 2. The molecule has 11 heteroatoms. The normalized spacial score (nSPS) is 17.6. The second-order valence-electron chi connectivity index (χ2n) is 7.53. The Morgan fingerprint density at radius 3 is 1.52 bits per heavy atom. The highest BCUT2D eigenvalue weighted by Gasteiger charge is 2.35. The number of fused-ring (bicyclic) bond motifs is 2. The Bertz CT molecular complexity index is 1100. The van der Waals surface area contributed by atoms with E-state index in [9.17, 15) is 16.8 Å². The molecule has 2 aliphatic rings. The maximum atomic E-state index is 12.9. The summed E-state index contributed by atoms with van der Waals surface area (Å²) in [5.41, 5.74) is 3.65. The molecule has 0 aliphatic carbocycles. The Morgan fingerprint density at radius 2 is 1.13 bits per heavy atom. The van der Waals surface area contributed by atoms with Crippen LogP contribution >= 0.6 is 0 Å². The minimum Gasteiger partial charge on any atom is -0.497 e. The standard InChI is InChI=1S/C20H25N3O6S2/c1-28-19-5-3-15-7-9-22(13-17(15)11-19)30(24,25)21-31(26,27)23-10-8-16-4-6-20(29-2)12-18(16)14-23/h3-6,11-12,21H,7-10,13-14H2,1-2H3. The van der Waals surface area contributed by atoms with Crippen LogP contribution in [0.3, 0.4) is 0 Å². The van der Waals surface area contributed by atoms with Crippen molar-refractivity contribution in [3.8, 4) is 11.5 Å². The second-order valence-corrected chi connectivity index (χ2v) is 11.1. The third-order valence-corrected chi connectivity index (χ3v) is 9.34. The summed E-state index contributed by atoms with van der Waals surface area (Å²) in [4.78, 5) is 0. The largest absolute Gasteiger partial charge is 0.497 e. The van der Waals surface area contributed by atoms with E-state index in [-0.39, 0.29) is 26.2 Å². The molecule has 0 bridgehead atoms. The average Bonchev–Trinajstić information content (AvgIpc) is 2.76. The molecular weight excluding hydrogens is 442 g/mol. The fourth-order valence-electron chi connectivity index (χ4n) is 3.92. The first-order valence-corrected chi connectivity index (χ1v) is 12.7. The first kappa shape index (κ1) is 22.0. The fraction of sp³-hybridized carbons (Fsp3) is 0.400. The highest BCUT2D eigenvalue weighted by atomic mass is 32.3. The molecule has 0 spiro atoms. The monoisotopic (exact) mass is 467 g/mol. The van der Waals surface area contributed by atoms with Crippen molar-refractivity contribution in [3.05, 3.63) is 58.7 Å². The molecule has 2 aromatic carbocycles. The van der Waals surface area contributed by atoms with Crippen LogP contribution in [0.25, 0.3) is 0 Å². The van der Waals surface area contributed by atoms with Crippen molar-refractivity contribution in [2.45, 2.75) is 25.9 Å². The van der Waals surface area contributed by atoms with Crippen LogP contribution in [0.15, 0.2) is 36.4 Å². The molecule has 2 heterocycles. The van der Waals surface area contributed by atoms with Crippen LogP contribution < -0.4 is 13.6 Å². The summed E-state index contributed by atoms with van der Waals surface area (Å²) in [5, 5.41) is 0. The predicted octanol–water partition coefficient (Wildman–Crippen LogP) is 1.20. The van der Waals surface area contributed by atoms with Gasteiger partial charge in [-0.15, -0.1) is 0 Å². The van der Waals surface area contributed by atoms with E-state index in [1.54, 1.807) is 26.4 Å². The van der Waals surface area contributed by atoms with Crippen LogP contribution in [0.1, 0.15) is 22.3 Å². The molecule has 2 aliphatic heterocycles. The lowest BCUT2D eigenvalue weighted by Gasteiger charge is -2.31. The number of hydrogen-bond donors (Lipinski definition) is 1. The number of nitrogens with one attached hydrogen (secondary N) is 1. The molecule has 31 heavy (non-hydrogen) atoms. The number of methoxy groups -OCH3 is 2. The maximum Gasteiger partial charge on any atom is 0.293 e. The van der Waals surface area contributed by atoms with Gasteiger partial charge in [-0.25, -0.2) is 0 Å². The van der Waals surface area contributed by atoms with Crippen molar-refractivity contribution in [2.24, 2.45) is 0 Å². The van der Waals surface area contributed by atoms with Gasteiger partial charge in [0.05, 0.1) is 14.2 Å². The van der Waals surface area contributed by atoms with E-state index in [1.807, 2.05) is 28.4 Å². The molecule has 0 saturated carbocycles. The minimum atomic E-state index is -4.25. The molecule has 1 N–H and O–H groups in total. The van der Waals surface area contributed by atoms with Crippen molar-refractivity contribution in [3.63, 3.8) is 0 Å². The molecule has 0 fully saturated rings. The quantitative estimate of drug-likeness (QED) is 0.685. The Balaban J connectivity index is 1.51. The molecule has 0 unspecified atom stereocenters. The number of hydrogen-bond acceptors (Lipinski definition) is 6. The lowest BCUT2D eigenvalue weighted by Crippen LogP contribution is -2.51. The topological polar surface area (TPSA) is 105 Å². The maximum absolute atomic E-state index is 12.9. The summed E-state index contributed by atoms with van der Waals surface area (Å²) in [7, 11) is -5.43. The lowest BCUT2D eigenvalue weighted by atomic mass is 10.0. The average molecular weight is 468 g/mol. The first-order valence-electron chi connectivity index (χ1n) is 9.82. The molecule has 0 atom stereocenters. The van der Waals surface area contributed by atoms with Gasteiger partial charge in [0.15, 0.2) is 0 Å². The van der Waals surface area contributed by atoms with Crippen LogP contribution in [0, 0.1) is 0 Å². The van der Waals surface area contributed by atoms with E-state index < -0.39 is 20.4 Å². The van der Waals surface area contributed by atoms with E-state index in [4.69, 9.17) is 9.47 Å². The van der Waals surface area contributed by atoms with Crippen LogP contribution in [0.4, 0.5) is 0 Å². The molecule has 2 aromatic rings. The highest BCUT2D eigenvalue weighted by Crippen LogP contribution is 2.27. The van der Waals surface area contributed by atoms with Gasteiger partial charge in [-0.2, -0.15) is 25.4 Å². The molecular formula is C20H25N3O6S2. The van der Waals surface area contributed by atoms with Crippen LogP contribution in [-0.4, -0.2) is 52.8 Å². The van der Waals surface area contributed by atoms with Crippen molar-refractivity contribution in [1.82, 2.24) is 12.7 Å². The Hall–Kier alpha value is -2.18. The van der Waals surface area contributed by atoms with E-state index >= 15 is 0 Å². The van der Waals surface area contributed by atoms with Gasteiger partial charge in [0, 0.05) is 26.2 Å². The fourth-order valence-corrected chi connectivity index (χ4v) is 7.11. The van der Waals surface area contributed by atoms with Crippen LogP contribution in [0.2, 0.25) is 0 Å². The van der Waals surface area contributed by atoms with E-state index in [0.29, 0.717) is 24.3 Å². The van der Waals surface area contributed by atoms with Gasteiger partial charge in [-0.05, 0) is 59.4 Å². The Labute approximate surface area is 182 Å². The van der Waals surface area contributed by atoms with Crippen LogP contribution in [0.5, 0.6) is 11.5 Å². The summed E-state index contributed by atoms with van der Waals surface area (Å²) in [5.74, 6) is 1.25. The van der Waals surface area contributed by atoms with Gasteiger partial charge in [-0.1, -0.05) is 16.3 Å². The van der Waals surface area contributed by atoms with Gasteiger partial charge in [0.25, 0.3) is 20.4 Å². The summed E-state index contributed by atoms with van der Waals surface area (Å²) in [6, 6.07) is 11.0. The van der Waals surface area contributed by atoms with Gasteiger partial charge in [-0.3, -0.25) is 0 Å². The van der Waals surface area contributed by atoms with E-state index in [2.05, 4.69) is 0 Å². The number of nitrogens with zero attached hydrogens (tertiary/aromatic N) is 2. The summed E-state index contributed by atoms with van der Waals surface area (Å²) >= 11 is 0. The summed E-state index contributed by atoms with van der Waals surface area (Å²) < 4.78 is 66.3.